The average Bonchev–Trinajstić information content (AvgIpc) is 2.24. The fourth-order valence-electron chi connectivity index (χ4n) is 1.55. The standard InChI is InChI=1S/C13H8BrClF2N2O/c14-7-1-9(16)5-11(2-7)18-13(20)19-12-4-8(15)3-10(17)6-12/h1-6H,(H2,18,19,20). The molecule has 0 spiro atoms. The summed E-state index contributed by atoms with van der Waals surface area (Å²) in [7, 11) is 0. The minimum atomic E-state index is -0.635. The lowest BCUT2D eigenvalue weighted by molar-refractivity contribution is 0.262. The predicted octanol–water partition coefficient (Wildman–Crippen LogP) is 5.02. The molecule has 0 fully saturated rings. The third-order valence-corrected chi connectivity index (χ3v) is 2.92. The van der Waals surface area contributed by atoms with Gasteiger partial charge in [-0.15, -0.1) is 0 Å². The van der Waals surface area contributed by atoms with Crippen LogP contribution < -0.4 is 10.6 Å². The van der Waals surface area contributed by atoms with Crippen LogP contribution in [0.15, 0.2) is 40.9 Å². The van der Waals surface area contributed by atoms with Gasteiger partial charge in [0.25, 0.3) is 0 Å². The zero-order valence-corrected chi connectivity index (χ0v) is 12.2. The van der Waals surface area contributed by atoms with Gasteiger partial charge in [-0.1, -0.05) is 27.5 Å². The second kappa shape index (κ2) is 6.19. The maximum atomic E-state index is 13.1. The van der Waals surface area contributed by atoms with E-state index < -0.39 is 17.7 Å². The Hall–Kier alpha value is -1.66. The Morgan fingerprint density at radius 1 is 0.950 bits per heavy atom. The molecule has 7 heteroatoms. The van der Waals surface area contributed by atoms with Crippen molar-refractivity contribution in [1.29, 1.82) is 0 Å². The maximum absolute atomic E-state index is 13.1. The van der Waals surface area contributed by atoms with Crippen LogP contribution in [-0.2, 0) is 0 Å². The second-order valence-electron chi connectivity index (χ2n) is 3.90. The number of hydrogen-bond donors (Lipinski definition) is 2. The van der Waals surface area contributed by atoms with Gasteiger partial charge < -0.3 is 10.6 Å². The molecule has 0 saturated heterocycles. The Morgan fingerprint density at radius 2 is 1.50 bits per heavy atom. The molecule has 0 heterocycles. The number of benzene rings is 2. The molecule has 2 aromatic carbocycles. The third-order valence-electron chi connectivity index (χ3n) is 2.24. The lowest BCUT2D eigenvalue weighted by Crippen LogP contribution is -2.19. The van der Waals surface area contributed by atoms with Crippen LogP contribution in [0.5, 0.6) is 0 Å². The highest BCUT2D eigenvalue weighted by atomic mass is 79.9. The van der Waals surface area contributed by atoms with Crippen molar-refractivity contribution in [2.75, 3.05) is 10.6 Å². The number of hydrogen-bond acceptors (Lipinski definition) is 1. The molecule has 20 heavy (non-hydrogen) atoms. The number of amides is 2. The van der Waals surface area contributed by atoms with Crippen LogP contribution in [0.25, 0.3) is 0 Å². The highest BCUT2D eigenvalue weighted by Crippen LogP contribution is 2.20. The van der Waals surface area contributed by atoms with Crippen molar-refractivity contribution < 1.29 is 13.6 Å². The first kappa shape index (κ1) is 14.7. The SMILES string of the molecule is O=C(Nc1cc(F)cc(Cl)c1)Nc1cc(F)cc(Br)c1. The fraction of sp³-hybridized carbons (Fsp3) is 0. The summed E-state index contributed by atoms with van der Waals surface area (Å²) in [5.41, 5.74) is 0.458. The van der Waals surface area contributed by atoms with Gasteiger partial charge in [0.15, 0.2) is 0 Å². The first-order valence-corrected chi connectivity index (χ1v) is 6.60. The van der Waals surface area contributed by atoms with Gasteiger partial charge in [-0.25, -0.2) is 13.6 Å². The van der Waals surface area contributed by atoms with Gasteiger partial charge >= 0.3 is 6.03 Å². The minimum Gasteiger partial charge on any atom is -0.308 e. The van der Waals surface area contributed by atoms with Gasteiger partial charge in [0.05, 0.1) is 0 Å². The van der Waals surface area contributed by atoms with Crippen LogP contribution in [0, 0.1) is 11.6 Å². The molecule has 0 atom stereocenters. The number of carbonyl (C=O) groups is 1. The smallest absolute Gasteiger partial charge is 0.308 e. The Kier molecular flexibility index (Phi) is 4.57. The Bertz CT molecular complexity index is 571. The summed E-state index contributed by atoms with van der Waals surface area (Å²) in [6.07, 6.45) is 0. The molecule has 3 nitrogen and oxygen atoms in total. The number of rotatable bonds is 2. The van der Waals surface area contributed by atoms with Crippen LogP contribution in [0.1, 0.15) is 0 Å². The zero-order chi connectivity index (χ0) is 14.7. The summed E-state index contributed by atoms with van der Waals surface area (Å²) in [5.74, 6) is -1.07. The topological polar surface area (TPSA) is 41.1 Å². The molecule has 2 rings (SSSR count). The Balaban J connectivity index is 2.08. The molecule has 104 valence electrons. The Morgan fingerprint density at radius 3 is 2.05 bits per heavy atom. The lowest BCUT2D eigenvalue weighted by atomic mass is 10.3. The molecule has 0 saturated carbocycles. The molecule has 2 N–H and O–H groups in total. The molecular formula is C13H8BrClF2N2O. The van der Waals surface area contributed by atoms with E-state index >= 15 is 0 Å². The lowest BCUT2D eigenvalue weighted by Gasteiger charge is -2.08. The number of halogens is 4. The van der Waals surface area contributed by atoms with Crippen molar-refractivity contribution in [3.63, 3.8) is 0 Å². The van der Waals surface area contributed by atoms with Crippen LogP contribution >= 0.6 is 27.5 Å². The van der Waals surface area contributed by atoms with Crippen LogP contribution in [0.3, 0.4) is 0 Å². The van der Waals surface area contributed by atoms with Crippen molar-refractivity contribution in [1.82, 2.24) is 0 Å². The van der Waals surface area contributed by atoms with Crippen molar-refractivity contribution in [2.24, 2.45) is 0 Å². The van der Waals surface area contributed by atoms with Crippen molar-refractivity contribution in [2.45, 2.75) is 0 Å². The highest BCUT2D eigenvalue weighted by Gasteiger charge is 2.06. The summed E-state index contributed by atoms with van der Waals surface area (Å²) in [4.78, 5) is 11.7. The van der Waals surface area contributed by atoms with E-state index in [1.165, 1.54) is 18.2 Å². The number of nitrogens with one attached hydrogen (secondary N) is 2. The zero-order valence-electron chi connectivity index (χ0n) is 9.88. The monoisotopic (exact) mass is 360 g/mol. The summed E-state index contributed by atoms with van der Waals surface area (Å²) >= 11 is 8.78. The summed E-state index contributed by atoms with van der Waals surface area (Å²) in [5, 5.41) is 4.99. The number of urea groups is 1. The van der Waals surface area contributed by atoms with Gasteiger partial charge in [0.2, 0.25) is 0 Å². The molecule has 0 aliphatic carbocycles. The molecule has 0 aromatic heterocycles. The average molecular weight is 362 g/mol. The molecule has 0 unspecified atom stereocenters. The van der Waals surface area contributed by atoms with Crippen LogP contribution in [0.2, 0.25) is 5.02 Å². The molecule has 0 bridgehead atoms. The van der Waals surface area contributed by atoms with Crippen molar-refractivity contribution in [3.05, 3.63) is 57.5 Å². The van der Waals surface area contributed by atoms with E-state index in [1.807, 2.05) is 0 Å². The van der Waals surface area contributed by atoms with Crippen molar-refractivity contribution in [3.8, 4) is 0 Å². The second-order valence-corrected chi connectivity index (χ2v) is 5.25. The normalized spacial score (nSPS) is 10.2. The van der Waals surface area contributed by atoms with Crippen LogP contribution in [0.4, 0.5) is 25.0 Å². The summed E-state index contributed by atoms with van der Waals surface area (Å²) in [6, 6.07) is 6.94. The molecular weight excluding hydrogens is 354 g/mol. The van der Waals surface area contributed by atoms with Crippen molar-refractivity contribution >= 4 is 44.9 Å². The first-order chi connectivity index (χ1) is 9.42. The fourth-order valence-corrected chi connectivity index (χ4v) is 2.23. The van der Waals surface area contributed by atoms with E-state index in [1.54, 1.807) is 0 Å². The van der Waals surface area contributed by atoms with E-state index in [9.17, 15) is 13.6 Å². The van der Waals surface area contributed by atoms with E-state index in [4.69, 9.17) is 11.6 Å². The predicted molar refractivity (Wildman–Crippen MR) is 78.2 cm³/mol. The van der Waals surface area contributed by atoms with E-state index in [0.29, 0.717) is 4.47 Å². The molecule has 0 aliphatic rings. The quantitative estimate of drug-likeness (QED) is 0.774. The summed E-state index contributed by atoms with van der Waals surface area (Å²) < 4.78 is 26.7. The highest BCUT2D eigenvalue weighted by molar-refractivity contribution is 9.10. The van der Waals surface area contributed by atoms with Gasteiger partial charge in [-0.2, -0.15) is 0 Å². The van der Waals surface area contributed by atoms with Gasteiger partial charge in [0, 0.05) is 20.9 Å². The van der Waals surface area contributed by atoms with Crippen LogP contribution in [-0.4, -0.2) is 6.03 Å². The van der Waals surface area contributed by atoms with Gasteiger partial charge in [-0.3, -0.25) is 0 Å². The van der Waals surface area contributed by atoms with E-state index in [2.05, 4.69) is 26.6 Å². The third kappa shape index (κ3) is 4.18. The molecule has 2 aromatic rings. The molecule has 0 radical (unpaired) electrons. The molecule has 2 amide bonds. The first-order valence-electron chi connectivity index (χ1n) is 5.42. The number of anilines is 2. The van der Waals surface area contributed by atoms with Gasteiger partial charge in [-0.05, 0) is 36.4 Å². The molecule has 0 aliphatic heterocycles. The largest absolute Gasteiger partial charge is 0.323 e. The number of carbonyl (C=O) groups excluding carboxylic acids is 1. The minimum absolute atomic E-state index is 0.161. The van der Waals surface area contributed by atoms with E-state index in [0.717, 1.165) is 18.2 Å². The Labute approximate surface area is 127 Å². The summed E-state index contributed by atoms with van der Waals surface area (Å²) in [6.45, 7) is 0. The van der Waals surface area contributed by atoms with Gasteiger partial charge in [0.1, 0.15) is 11.6 Å². The maximum Gasteiger partial charge on any atom is 0.323 e. The van der Waals surface area contributed by atoms with E-state index in [-0.39, 0.29) is 16.4 Å².